The van der Waals surface area contributed by atoms with E-state index < -0.39 is 0 Å². The summed E-state index contributed by atoms with van der Waals surface area (Å²) >= 11 is 0. The minimum atomic E-state index is 0.0964. The molecule has 0 bridgehead atoms. The zero-order chi connectivity index (χ0) is 13.3. The molecule has 94 valence electrons. The number of rotatable bonds is 4. The molecule has 0 aliphatic heterocycles. The van der Waals surface area contributed by atoms with Gasteiger partial charge in [-0.3, -0.25) is 4.79 Å². The molecule has 2 aromatic rings. The van der Waals surface area contributed by atoms with Crippen molar-refractivity contribution in [1.82, 2.24) is 4.57 Å². The van der Waals surface area contributed by atoms with Crippen molar-refractivity contribution in [1.29, 1.82) is 0 Å². The highest BCUT2D eigenvalue weighted by Crippen LogP contribution is 2.25. The van der Waals surface area contributed by atoms with Crippen LogP contribution in [0, 0.1) is 0 Å². The maximum atomic E-state index is 11.7. The first-order chi connectivity index (χ1) is 8.54. The predicted molar refractivity (Wildman–Crippen MR) is 76.2 cm³/mol. The second-order valence-electron chi connectivity index (χ2n) is 4.96. The molecule has 1 aromatic heterocycles. The summed E-state index contributed by atoms with van der Waals surface area (Å²) in [5, 5.41) is 1.13. The quantitative estimate of drug-likeness (QED) is 0.582. The Morgan fingerprint density at radius 1 is 1.39 bits per heavy atom. The lowest BCUT2D eigenvalue weighted by Gasteiger charge is -2.07. The van der Waals surface area contributed by atoms with Gasteiger partial charge in [0, 0.05) is 24.4 Å². The summed E-state index contributed by atoms with van der Waals surface area (Å²) in [6.07, 6.45) is 1.82. The standard InChI is InChI=1S/C16H19NO/c1-5-8-17-15-7-6-13(11(2)3)9-14(15)10-16(17)12(4)18/h5-7,9-11H,1,8H2,2-4H3. The van der Waals surface area contributed by atoms with E-state index >= 15 is 0 Å². The molecule has 0 spiro atoms. The van der Waals surface area contributed by atoms with Gasteiger partial charge in [0.2, 0.25) is 0 Å². The van der Waals surface area contributed by atoms with Gasteiger partial charge < -0.3 is 4.57 Å². The predicted octanol–water partition coefficient (Wildman–Crippen LogP) is 4.15. The average Bonchev–Trinajstić information content (AvgIpc) is 2.68. The Balaban J connectivity index is 2.67. The normalized spacial score (nSPS) is 11.1. The maximum absolute atomic E-state index is 11.7. The van der Waals surface area contributed by atoms with Crippen molar-refractivity contribution in [3.63, 3.8) is 0 Å². The molecule has 1 aromatic carbocycles. The first kappa shape index (κ1) is 12.6. The number of nitrogens with zero attached hydrogens (tertiary/aromatic N) is 1. The fourth-order valence-corrected chi connectivity index (χ4v) is 2.27. The third kappa shape index (κ3) is 2.10. The lowest BCUT2D eigenvalue weighted by atomic mass is 10.0. The van der Waals surface area contributed by atoms with Crippen LogP contribution in [-0.4, -0.2) is 10.4 Å². The molecular weight excluding hydrogens is 222 g/mol. The molecule has 0 saturated heterocycles. The average molecular weight is 241 g/mol. The summed E-state index contributed by atoms with van der Waals surface area (Å²) < 4.78 is 2.02. The zero-order valence-electron chi connectivity index (χ0n) is 11.2. The monoisotopic (exact) mass is 241 g/mol. The fourth-order valence-electron chi connectivity index (χ4n) is 2.27. The van der Waals surface area contributed by atoms with E-state index in [0.717, 1.165) is 16.6 Å². The van der Waals surface area contributed by atoms with E-state index in [9.17, 15) is 4.79 Å². The van der Waals surface area contributed by atoms with Crippen LogP contribution in [0.4, 0.5) is 0 Å². The van der Waals surface area contributed by atoms with Gasteiger partial charge in [-0.2, -0.15) is 0 Å². The first-order valence-corrected chi connectivity index (χ1v) is 6.29. The van der Waals surface area contributed by atoms with E-state index in [2.05, 4.69) is 38.6 Å². The van der Waals surface area contributed by atoms with Crippen molar-refractivity contribution in [2.75, 3.05) is 0 Å². The van der Waals surface area contributed by atoms with Gasteiger partial charge in [-0.05, 0) is 29.7 Å². The molecule has 2 heteroatoms. The van der Waals surface area contributed by atoms with Crippen LogP contribution >= 0.6 is 0 Å². The van der Waals surface area contributed by atoms with Crippen LogP contribution in [0.5, 0.6) is 0 Å². The van der Waals surface area contributed by atoms with Gasteiger partial charge in [-0.15, -0.1) is 6.58 Å². The lowest BCUT2D eigenvalue weighted by Crippen LogP contribution is -2.04. The zero-order valence-corrected chi connectivity index (χ0v) is 11.2. The Labute approximate surface area is 108 Å². The molecule has 0 fully saturated rings. The molecular formula is C16H19NO. The fraction of sp³-hybridized carbons (Fsp3) is 0.312. The number of aromatic nitrogens is 1. The van der Waals surface area contributed by atoms with Crippen molar-refractivity contribution in [3.05, 3.63) is 48.2 Å². The molecule has 0 atom stereocenters. The largest absolute Gasteiger partial charge is 0.334 e. The number of fused-ring (bicyclic) bond motifs is 1. The number of benzene rings is 1. The number of ketones is 1. The molecule has 2 nitrogen and oxygen atoms in total. The molecule has 1 heterocycles. The molecule has 0 radical (unpaired) electrons. The summed E-state index contributed by atoms with van der Waals surface area (Å²) in [6.45, 7) is 10.4. The number of hydrogen-bond donors (Lipinski definition) is 0. The van der Waals surface area contributed by atoms with Crippen LogP contribution in [-0.2, 0) is 6.54 Å². The van der Waals surface area contributed by atoms with E-state index in [1.165, 1.54) is 5.56 Å². The smallest absolute Gasteiger partial charge is 0.176 e. The molecule has 0 saturated carbocycles. The molecule has 0 aliphatic rings. The second-order valence-corrected chi connectivity index (χ2v) is 4.96. The van der Waals surface area contributed by atoms with Crippen molar-refractivity contribution >= 4 is 16.7 Å². The SMILES string of the molecule is C=CCn1c(C(C)=O)cc2cc(C(C)C)ccc21. The van der Waals surface area contributed by atoms with Crippen LogP contribution in [0.1, 0.15) is 42.7 Å². The highest BCUT2D eigenvalue weighted by atomic mass is 16.1. The van der Waals surface area contributed by atoms with Gasteiger partial charge in [0.25, 0.3) is 0 Å². The van der Waals surface area contributed by atoms with E-state index in [-0.39, 0.29) is 5.78 Å². The van der Waals surface area contributed by atoms with E-state index in [1.54, 1.807) is 6.92 Å². The molecule has 18 heavy (non-hydrogen) atoms. The van der Waals surface area contributed by atoms with Gasteiger partial charge in [0.05, 0.1) is 5.69 Å². The second kappa shape index (κ2) is 4.81. The van der Waals surface area contributed by atoms with Crippen molar-refractivity contribution in [3.8, 4) is 0 Å². The molecule has 0 amide bonds. The van der Waals surface area contributed by atoms with Crippen molar-refractivity contribution in [2.24, 2.45) is 0 Å². The summed E-state index contributed by atoms with van der Waals surface area (Å²) in [5.74, 6) is 0.595. The Hall–Kier alpha value is -1.83. The van der Waals surface area contributed by atoms with Crippen LogP contribution in [0.25, 0.3) is 10.9 Å². The Kier molecular flexibility index (Phi) is 3.37. The topological polar surface area (TPSA) is 22.0 Å². The van der Waals surface area contributed by atoms with Gasteiger partial charge >= 0.3 is 0 Å². The van der Waals surface area contributed by atoms with Crippen molar-refractivity contribution in [2.45, 2.75) is 33.2 Å². The number of allylic oxidation sites excluding steroid dienone is 1. The van der Waals surface area contributed by atoms with Crippen LogP contribution in [0.3, 0.4) is 0 Å². The summed E-state index contributed by atoms with van der Waals surface area (Å²) in [6, 6.07) is 8.39. The molecule has 2 rings (SSSR count). The van der Waals surface area contributed by atoms with E-state index in [4.69, 9.17) is 0 Å². The van der Waals surface area contributed by atoms with Gasteiger partial charge in [-0.1, -0.05) is 26.0 Å². The number of carbonyl (C=O) groups excluding carboxylic acids is 1. The van der Waals surface area contributed by atoms with Crippen LogP contribution in [0.15, 0.2) is 36.9 Å². The number of hydrogen-bond acceptors (Lipinski definition) is 1. The van der Waals surface area contributed by atoms with Gasteiger partial charge in [-0.25, -0.2) is 0 Å². The van der Waals surface area contributed by atoms with Gasteiger partial charge in [0.1, 0.15) is 0 Å². The van der Waals surface area contributed by atoms with Crippen LogP contribution < -0.4 is 0 Å². The minimum absolute atomic E-state index is 0.0964. The Morgan fingerprint density at radius 3 is 2.67 bits per heavy atom. The number of carbonyl (C=O) groups is 1. The first-order valence-electron chi connectivity index (χ1n) is 6.29. The molecule has 0 N–H and O–H groups in total. The minimum Gasteiger partial charge on any atom is -0.334 e. The molecule has 0 aliphatic carbocycles. The third-order valence-electron chi connectivity index (χ3n) is 3.26. The van der Waals surface area contributed by atoms with E-state index in [1.807, 2.05) is 16.7 Å². The third-order valence-corrected chi connectivity index (χ3v) is 3.26. The van der Waals surface area contributed by atoms with Crippen LogP contribution in [0.2, 0.25) is 0 Å². The summed E-state index contributed by atoms with van der Waals surface area (Å²) in [4.78, 5) is 11.7. The Morgan fingerprint density at radius 2 is 2.11 bits per heavy atom. The van der Waals surface area contributed by atoms with E-state index in [0.29, 0.717) is 12.5 Å². The van der Waals surface area contributed by atoms with Crippen molar-refractivity contribution < 1.29 is 4.79 Å². The Bertz CT molecular complexity index is 605. The van der Waals surface area contributed by atoms with Gasteiger partial charge in [0.15, 0.2) is 5.78 Å². The highest BCUT2D eigenvalue weighted by molar-refractivity contribution is 5.98. The lowest BCUT2D eigenvalue weighted by molar-refractivity contribution is 0.101. The summed E-state index contributed by atoms with van der Waals surface area (Å²) in [5.41, 5.74) is 3.16. The summed E-state index contributed by atoms with van der Waals surface area (Å²) in [7, 11) is 0. The number of Topliss-reactive ketones (excluding diaryl/α,β-unsaturated/α-hetero) is 1. The molecule has 0 unspecified atom stereocenters. The maximum Gasteiger partial charge on any atom is 0.176 e. The highest BCUT2D eigenvalue weighted by Gasteiger charge is 2.12.